The number of alkyl halides is 2. The fourth-order valence-electron chi connectivity index (χ4n) is 1.22. The fraction of sp³-hybridized carbons (Fsp3) is 0.286. The van der Waals surface area contributed by atoms with Gasteiger partial charge in [0, 0.05) is 10.7 Å². The molecule has 0 aliphatic rings. The molecule has 94 valence electrons. The summed E-state index contributed by atoms with van der Waals surface area (Å²) < 4.78 is 46.9. The number of rotatable bonds is 3. The second kappa shape index (κ2) is 4.49. The maximum Gasteiger partial charge on any atom is 0.295 e. The van der Waals surface area contributed by atoms with Crippen LogP contribution in [0.15, 0.2) is 11.1 Å². The number of nitrogens with zero attached hydrogens (tertiary/aromatic N) is 2. The highest BCUT2D eigenvalue weighted by molar-refractivity contribution is 8.13. The van der Waals surface area contributed by atoms with Crippen LogP contribution in [-0.2, 0) is 9.05 Å². The molecule has 1 heterocycles. The minimum Gasteiger partial charge on any atom is -0.258 e. The zero-order valence-corrected chi connectivity index (χ0v) is 9.80. The lowest BCUT2D eigenvalue weighted by molar-refractivity contribution is -0.388. The van der Waals surface area contributed by atoms with Crippen molar-refractivity contribution in [3.63, 3.8) is 0 Å². The van der Waals surface area contributed by atoms with Crippen LogP contribution < -0.4 is 0 Å². The van der Waals surface area contributed by atoms with E-state index in [-0.39, 0.29) is 0 Å². The van der Waals surface area contributed by atoms with E-state index >= 15 is 0 Å². The molecule has 0 amide bonds. The molecule has 0 aliphatic heterocycles. The first-order valence-electron chi connectivity index (χ1n) is 4.03. The number of pyridine rings is 1. The molecule has 1 aromatic rings. The second-order valence-electron chi connectivity index (χ2n) is 2.98. The lowest BCUT2D eigenvalue weighted by Gasteiger charge is -2.06. The molecular weight excluding hydrogens is 282 g/mol. The zero-order chi connectivity index (χ0) is 13.4. The Morgan fingerprint density at radius 2 is 2.06 bits per heavy atom. The number of halogens is 3. The predicted molar refractivity (Wildman–Crippen MR) is 53.6 cm³/mol. The summed E-state index contributed by atoms with van der Waals surface area (Å²) in [6.07, 6.45) is -2.59. The van der Waals surface area contributed by atoms with Crippen molar-refractivity contribution >= 4 is 25.4 Å². The Bertz CT molecular complexity index is 575. The molecule has 6 nitrogen and oxygen atoms in total. The van der Waals surface area contributed by atoms with Gasteiger partial charge < -0.3 is 0 Å². The lowest BCUT2D eigenvalue weighted by atomic mass is 10.2. The number of nitro groups is 1. The molecule has 0 aromatic carbocycles. The van der Waals surface area contributed by atoms with Gasteiger partial charge in [-0.1, -0.05) is 0 Å². The smallest absolute Gasteiger partial charge is 0.258 e. The van der Waals surface area contributed by atoms with Crippen molar-refractivity contribution in [2.24, 2.45) is 0 Å². The molecule has 0 N–H and O–H groups in total. The summed E-state index contributed by atoms with van der Waals surface area (Å²) in [5.74, 6) is 0. The fourth-order valence-corrected chi connectivity index (χ4v) is 2.19. The SMILES string of the molecule is Cc1c(C(F)F)ncc(S(=O)(=O)Cl)c1[N+](=O)[O-]. The van der Waals surface area contributed by atoms with Gasteiger partial charge in [0.2, 0.25) is 0 Å². The van der Waals surface area contributed by atoms with Gasteiger partial charge in [0.1, 0.15) is 5.69 Å². The molecule has 10 heteroatoms. The van der Waals surface area contributed by atoms with Gasteiger partial charge in [-0.3, -0.25) is 15.1 Å². The van der Waals surface area contributed by atoms with Gasteiger partial charge in [-0.2, -0.15) is 0 Å². The molecule has 17 heavy (non-hydrogen) atoms. The van der Waals surface area contributed by atoms with Crippen molar-refractivity contribution in [3.8, 4) is 0 Å². The first kappa shape index (κ1) is 13.7. The molecular formula is C7H5ClF2N2O4S. The number of hydrogen-bond acceptors (Lipinski definition) is 5. The van der Waals surface area contributed by atoms with Crippen LogP contribution in [0.25, 0.3) is 0 Å². The second-order valence-corrected chi connectivity index (χ2v) is 5.51. The minimum absolute atomic E-state index is 0.453. The Kier molecular flexibility index (Phi) is 3.62. The van der Waals surface area contributed by atoms with Gasteiger partial charge in [-0.15, -0.1) is 0 Å². The van der Waals surface area contributed by atoms with Gasteiger partial charge in [0.05, 0.1) is 16.7 Å². The number of hydrogen-bond donors (Lipinski definition) is 0. The average molecular weight is 287 g/mol. The summed E-state index contributed by atoms with van der Waals surface area (Å²) in [5, 5.41) is 10.7. The number of aromatic nitrogens is 1. The Morgan fingerprint density at radius 3 is 2.41 bits per heavy atom. The van der Waals surface area contributed by atoms with E-state index in [0.717, 1.165) is 6.92 Å². The monoisotopic (exact) mass is 286 g/mol. The van der Waals surface area contributed by atoms with Gasteiger partial charge in [0.25, 0.3) is 21.2 Å². The summed E-state index contributed by atoms with van der Waals surface area (Å²) in [4.78, 5) is 11.9. The molecule has 0 radical (unpaired) electrons. The highest BCUT2D eigenvalue weighted by atomic mass is 35.7. The molecule has 0 aliphatic carbocycles. The first-order chi connectivity index (χ1) is 7.66. The highest BCUT2D eigenvalue weighted by Crippen LogP contribution is 2.33. The average Bonchev–Trinajstić information content (AvgIpc) is 2.14. The summed E-state index contributed by atoms with van der Waals surface area (Å²) in [5.41, 5.74) is -2.35. The van der Waals surface area contributed by atoms with E-state index in [4.69, 9.17) is 10.7 Å². The molecule has 0 atom stereocenters. The van der Waals surface area contributed by atoms with Crippen molar-refractivity contribution in [3.05, 3.63) is 27.6 Å². The third-order valence-electron chi connectivity index (χ3n) is 1.95. The van der Waals surface area contributed by atoms with Crippen LogP contribution in [0.4, 0.5) is 14.5 Å². The molecule has 0 spiro atoms. The lowest BCUT2D eigenvalue weighted by Crippen LogP contribution is -2.06. The van der Waals surface area contributed by atoms with Gasteiger partial charge >= 0.3 is 0 Å². The summed E-state index contributed by atoms with van der Waals surface area (Å²) in [6, 6.07) is 0. The molecule has 0 bridgehead atoms. The quantitative estimate of drug-likeness (QED) is 0.482. The summed E-state index contributed by atoms with van der Waals surface area (Å²) in [6.45, 7) is 0.984. The van der Waals surface area contributed by atoms with Crippen molar-refractivity contribution in [1.29, 1.82) is 0 Å². The van der Waals surface area contributed by atoms with Crippen LogP contribution in [-0.4, -0.2) is 18.3 Å². The molecule has 1 rings (SSSR count). The molecule has 0 unspecified atom stereocenters. The van der Waals surface area contributed by atoms with Crippen LogP contribution in [0.5, 0.6) is 0 Å². The van der Waals surface area contributed by atoms with Crippen molar-refractivity contribution in [2.75, 3.05) is 0 Å². The van der Waals surface area contributed by atoms with Crippen LogP contribution >= 0.6 is 10.7 Å². The third kappa shape index (κ3) is 2.67. The predicted octanol–water partition coefficient (Wildman–Crippen LogP) is 2.16. The zero-order valence-electron chi connectivity index (χ0n) is 8.22. The molecule has 0 saturated carbocycles. The Labute approximate surface area is 98.8 Å². The van der Waals surface area contributed by atoms with E-state index in [1.807, 2.05) is 0 Å². The standard InChI is InChI=1S/C7H5ClF2N2O4S/c1-3-5(7(9)10)11-2-4(17(8,15)16)6(3)12(13)14/h2,7H,1H3. The van der Waals surface area contributed by atoms with Crippen molar-refractivity contribution in [1.82, 2.24) is 4.98 Å². The van der Waals surface area contributed by atoms with E-state index in [2.05, 4.69) is 4.98 Å². The van der Waals surface area contributed by atoms with E-state index in [0.29, 0.717) is 6.20 Å². The molecule has 0 saturated heterocycles. The van der Waals surface area contributed by atoms with E-state index in [9.17, 15) is 27.3 Å². The van der Waals surface area contributed by atoms with Gasteiger partial charge in [-0.05, 0) is 6.92 Å². The summed E-state index contributed by atoms with van der Waals surface area (Å²) >= 11 is 0. The van der Waals surface area contributed by atoms with Crippen molar-refractivity contribution in [2.45, 2.75) is 18.2 Å². The van der Waals surface area contributed by atoms with E-state index in [1.54, 1.807) is 0 Å². The van der Waals surface area contributed by atoms with Crippen molar-refractivity contribution < 1.29 is 22.1 Å². The normalized spacial score (nSPS) is 11.8. The Morgan fingerprint density at radius 1 is 1.53 bits per heavy atom. The Hall–Kier alpha value is -1.35. The maximum atomic E-state index is 12.4. The largest absolute Gasteiger partial charge is 0.295 e. The highest BCUT2D eigenvalue weighted by Gasteiger charge is 2.31. The third-order valence-corrected chi connectivity index (χ3v) is 3.27. The van der Waals surface area contributed by atoms with E-state index in [1.165, 1.54) is 0 Å². The van der Waals surface area contributed by atoms with Crippen LogP contribution in [0, 0.1) is 17.0 Å². The first-order valence-corrected chi connectivity index (χ1v) is 6.34. The minimum atomic E-state index is -4.42. The molecule has 1 aromatic heterocycles. The van der Waals surface area contributed by atoms with Crippen LogP contribution in [0.2, 0.25) is 0 Å². The van der Waals surface area contributed by atoms with Crippen LogP contribution in [0.1, 0.15) is 17.7 Å². The topological polar surface area (TPSA) is 90.2 Å². The van der Waals surface area contributed by atoms with E-state index < -0.39 is 42.2 Å². The summed E-state index contributed by atoms with van der Waals surface area (Å²) in [7, 11) is 0.532. The van der Waals surface area contributed by atoms with Crippen LogP contribution in [0.3, 0.4) is 0 Å². The molecule has 0 fully saturated rings. The maximum absolute atomic E-state index is 12.4. The van der Waals surface area contributed by atoms with Gasteiger partial charge in [0.15, 0.2) is 4.90 Å². The Balaban J connectivity index is 3.69. The van der Waals surface area contributed by atoms with Gasteiger partial charge in [-0.25, -0.2) is 17.2 Å².